The van der Waals surface area contributed by atoms with Gasteiger partial charge in [-0.1, -0.05) is 12.1 Å². The monoisotopic (exact) mass is 234 g/mol. The van der Waals surface area contributed by atoms with Crippen LogP contribution in [0.3, 0.4) is 0 Å². The van der Waals surface area contributed by atoms with Crippen LogP contribution in [0, 0.1) is 0 Å². The van der Waals surface area contributed by atoms with Crippen molar-refractivity contribution in [2.24, 2.45) is 0 Å². The van der Waals surface area contributed by atoms with E-state index in [4.69, 9.17) is 5.11 Å². The summed E-state index contributed by atoms with van der Waals surface area (Å²) in [5, 5.41) is 11.5. The summed E-state index contributed by atoms with van der Waals surface area (Å²) in [4.78, 5) is 23.8. The van der Waals surface area contributed by atoms with E-state index >= 15 is 0 Å². The number of nitrogens with one attached hydrogen (secondary N) is 1. The van der Waals surface area contributed by atoms with Gasteiger partial charge >= 0.3 is 0 Å². The minimum Gasteiger partial charge on any atom is -0.387 e. The Balaban J connectivity index is 2.11. The highest BCUT2D eigenvalue weighted by atomic mass is 16.3. The molecule has 2 N–H and O–H groups in total. The van der Waals surface area contributed by atoms with Crippen molar-refractivity contribution in [2.45, 2.75) is 13.0 Å². The fraction of sp³-hybridized carbons (Fsp3) is 0.333. The summed E-state index contributed by atoms with van der Waals surface area (Å²) in [7, 11) is 1.63. The van der Waals surface area contributed by atoms with Gasteiger partial charge < -0.3 is 15.3 Å². The summed E-state index contributed by atoms with van der Waals surface area (Å²) in [5.41, 5.74) is 2.75. The van der Waals surface area contributed by atoms with Crippen LogP contribution in [0.1, 0.15) is 11.1 Å². The fourth-order valence-corrected chi connectivity index (χ4v) is 1.86. The number of carbonyl (C=O) groups excluding carboxylic acids is 2. The quantitative estimate of drug-likeness (QED) is 0.781. The molecule has 1 aromatic rings. The van der Waals surface area contributed by atoms with Gasteiger partial charge in [0.25, 0.3) is 0 Å². The highest BCUT2D eigenvalue weighted by molar-refractivity contribution is 5.99. The highest BCUT2D eigenvalue weighted by Gasteiger charge is 2.18. The fourth-order valence-electron chi connectivity index (χ4n) is 1.86. The van der Waals surface area contributed by atoms with E-state index in [1.807, 2.05) is 18.2 Å². The van der Waals surface area contributed by atoms with E-state index in [1.165, 1.54) is 4.90 Å². The SMILES string of the molecule is CN(Cc1ccc2c(c1)CC(=O)N2)C(=O)CO. The first-order chi connectivity index (χ1) is 8.10. The van der Waals surface area contributed by atoms with Crippen LogP contribution >= 0.6 is 0 Å². The van der Waals surface area contributed by atoms with Crippen molar-refractivity contribution in [1.82, 2.24) is 4.90 Å². The molecule has 0 unspecified atom stereocenters. The van der Waals surface area contributed by atoms with Gasteiger partial charge in [0.2, 0.25) is 11.8 Å². The molecule has 0 atom stereocenters. The molecular weight excluding hydrogens is 220 g/mol. The smallest absolute Gasteiger partial charge is 0.248 e. The van der Waals surface area contributed by atoms with E-state index in [0.717, 1.165) is 16.8 Å². The molecule has 17 heavy (non-hydrogen) atoms. The lowest BCUT2D eigenvalue weighted by Gasteiger charge is -2.16. The summed E-state index contributed by atoms with van der Waals surface area (Å²) >= 11 is 0. The average Bonchev–Trinajstić information content (AvgIpc) is 2.67. The third kappa shape index (κ3) is 2.45. The second-order valence-electron chi connectivity index (χ2n) is 4.12. The Bertz CT molecular complexity index is 471. The molecule has 0 saturated heterocycles. The number of fused-ring (bicyclic) bond motifs is 1. The third-order valence-corrected chi connectivity index (χ3v) is 2.78. The number of carbonyl (C=O) groups is 2. The number of anilines is 1. The van der Waals surface area contributed by atoms with E-state index < -0.39 is 6.61 Å². The molecule has 1 heterocycles. The lowest BCUT2D eigenvalue weighted by Crippen LogP contribution is -2.28. The molecule has 5 heteroatoms. The van der Waals surface area contributed by atoms with Crippen molar-refractivity contribution < 1.29 is 14.7 Å². The zero-order valence-corrected chi connectivity index (χ0v) is 9.56. The average molecular weight is 234 g/mol. The molecule has 1 aromatic carbocycles. The van der Waals surface area contributed by atoms with E-state index in [-0.39, 0.29) is 11.8 Å². The van der Waals surface area contributed by atoms with E-state index in [0.29, 0.717) is 13.0 Å². The molecule has 0 fully saturated rings. The molecule has 0 radical (unpaired) electrons. The summed E-state index contributed by atoms with van der Waals surface area (Å²) in [6.07, 6.45) is 0.390. The second kappa shape index (κ2) is 4.55. The van der Waals surface area contributed by atoms with Gasteiger partial charge in [0.1, 0.15) is 6.61 Å². The molecule has 0 aromatic heterocycles. The van der Waals surface area contributed by atoms with Crippen molar-refractivity contribution >= 4 is 17.5 Å². The molecule has 2 rings (SSSR count). The summed E-state index contributed by atoms with van der Waals surface area (Å²) in [6, 6.07) is 5.62. The molecule has 5 nitrogen and oxygen atoms in total. The standard InChI is InChI=1S/C12H14N2O3/c1-14(12(17)7-15)6-8-2-3-10-9(4-8)5-11(16)13-10/h2-4,15H,5-7H2,1H3,(H,13,16). The van der Waals surface area contributed by atoms with Crippen LogP contribution in [0.15, 0.2) is 18.2 Å². The van der Waals surface area contributed by atoms with Crippen LogP contribution in [0.25, 0.3) is 0 Å². The second-order valence-corrected chi connectivity index (χ2v) is 4.12. The Hall–Kier alpha value is -1.88. The maximum Gasteiger partial charge on any atom is 0.248 e. The molecule has 1 aliphatic rings. The van der Waals surface area contributed by atoms with Gasteiger partial charge in [0.15, 0.2) is 0 Å². The predicted octanol–water partition coefficient (Wildman–Crippen LogP) is 0.132. The number of benzene rings is 1. The predicted molar refractivity (Wildman–Crippen MR) is 62.3 cm³/mol. The number of amides is 2. The van der Waals surface area contributed by atoms with Gasteiger partial charge in [0, 0.05) is 19.3 Å². The zero-order chi connectivity index (χ0) is 12.4. The number of nitrogens with zero attached hydrogens (tertiary/aromatic N) is 1. The van der Waals surface area contributed by atoms with Gasteiger partial charge in [0.05, 0.1) is 6.42 Å². The maximum atomic E-state index is 11.2. The topological polar surface area (TPSA) is 69.6 Å². The Morgan fingerprint density at radius 2 is 2.29 bits per heavy atom. The van der Waals surface area contributed by atoms with Gasteiger partial charge in [-0.15, -0.1) is 0 Å². The molecule has 0 bridgehead atoms. The van der Waals surface area contributed by atoms with Gasteiger partial charge in [-0.2, -0.15) is 0 Å². The first kappa shape index (κ1) is 11.6. The van der Waals surface area contributed by atoms with Crippen LogP contribution in [0.5, 0.6) is 0 Å². The summed E-state index contributed by atoms with van der Waals surface area (Å²) < 4.78 is 0. The number of likely N-dealkylation sites (N-methyl/N-ethyl adjacent to an activating group) is 1. The largest absolute Gasteiger partial charge is 0.387 e. The molecule has 0 aliphatic carbocycles. The van der Waals surface area contributed by atoms with Crippen LogP contribution in [-0.4, -0.2) is 35.5 Å². The minimum atomic E-state index is -0.485. The molecule has 1 aliphatic heterocycles. The van der Waals surface area contributed by atoms with E-state index in [2.05, 4.69) is 5.32 Å². The van der Waals surface area contributed by atoms with E-state index in [1.54, 1.807) is 7.05 Å². The minimum absolute atomic E-state index is 0.00283. The Kier molecular flexibility index (Phi) is 3.10. The Morgan fingerprint density at radius 1 is 1.53 bits per heavy atom. The van der Waals surface area contributed by atoms with Crippen molar-refractivity contribution in [1.29, 1.82) is 0 Å². The molecule has 2 amide bonds. The third-order valence-electron chi connectivity index (χ3n) is 2.78. The van der Waals surface area contributed by atoms with Crippen molar-refractivity contribution in [3.8, 4) is 0 Å². The first-order valence-electron chi connectivity index (χ1n) is 5.36. The maximum absolute atomic E-state index is 11.2. The van der Waals surface area contributed by atoms with Gasteiger partial charge in [-0.3, -0.25) is 9.59 Å². The number of aliphatic hydroxyl groups is 1. The highest BCUT2D eigenvalue weighted by Crippen LogP contribution is 2.24. The van der Waals surface area contributed by atoms with Crippen LogP contribution in [0.4, 0.5) is 5.69 Å². The molecule has 90 valence electrons. The number of hydrogen-bond donors (Lipinski definition) is 2. The number of rotatable bonds is 3. The molecule has 0 saturated carbocycles. The summed E-state index contributed by atoms with van der Waals surface area (Å²) in [5.74, 6) is -0.323. The Labute approximate surface area is 99.0 Å². The first-order valence-corrected chi connectivity index (χ1v) is 5.36. The van der Waals surface area contributed by atoms with Gasteiger partial charge in [-0.05, 0) is 17.2 Å². The van der Waals surface area contributed by atoms with E-state index in [9.17, 15) is 9.59 Å². The van der Waals surface area contributed by atoms with Gasteiger partial charge in [-0.25, -0.2) is 0 Å². The van der Waals surface area contributed by atoms with Crippen molar-refractivity contribution in [3.05, 3.63) is 29.3 Å². The normalized spacial score (nSPS) is 13.2. The van der Waals surface area contributed by atoms with Crippen LogP contribution in [-0.2, 0) is 22.6 Å². The van der Waals surface area contributed by atoms with Crippen LogP contribution in [0.2, 0.25) is 0 Å². The molecule has 0 spiro atoms. The number of aliphatic hydroxyl groups excluding tert-OH is 1. The lowest BCUT2D eigenvalue weighted by molar-refractivity contribution is -0.133. The molecular formula is C12H14N2O3. The van der Waals surface area contributed by atoms with Crippen molar-refractivity contribution in [3.63, 3.8) is 0 Å². The Morgan fingerprint density at radius 3 is 3.00 bits per heavy atom. The number of hydrogen-bond acceptors (Lipinski definition) is 3. The summed E-state index contributed by atoms with van der Waals surface area (Å²) in [6.45, 7) is -0.0532. The van der Waals surface area contributed by atoms with Crippen LogP contribution < -0.4 is 5.32 Å². The zero-order valence-electron chi connectivity index (χ0n) is 9.56. The lowest BCUT2D eigenvalue weighted by atomic mass is 10.1. The van der Waals surface area contributed by atoms with Crippen molar-refractivity contribution in [2.75, 3.05) is 19.0 Å².